The van der Waals surface area contributed by atoms with E-state index in [1.165, 1.54) is 25.4 Å². The molecule has 2 unspecified atom stereocenters. The molecule has 0 saturated heterocycles. The van der Waals surface area contributed by atoms with E-state index in [0.29, 0.717) is 18.4 Å². The molecule has 6 heteroatoms. The molecule has 1 heterocycles. The Morgan fingerprint density at radius 1 is 1.18 bits per heavy atom. The third kappa shape index (κ3) is 3.96. The molecule has 4 rings (SSSR count). The highest BCUT2D eigenvalue weighted by Crippen LogP contribution is 2.49. The molecular weight excluding hydrogens is 356 g/mol. The Bertz CT molecular complexity index is 826. The smallest absolute Gasteiger partial charge is 0.360 e. The van der Waals surface area contributed by atoms with Gasteiger partial charge in [0.15, 0.2) is 5.69 Å². The van der Waals surface area contributed by atoms with Crippen LogP contribution in [-0.2, 0) is 16.1 Å². The standard InChI is InChI=1S/C22H26N2O4/c1-27-22(26)19-14-28-20(23-19)13-24(16-10-6-3-7-11-16)21(25)18-12-17(18)15-8-4-2-5-9-15/h2,4-5,8-9,14,16-18H,3,6-7,10-13H2,1H3. The lowest BCUT2D eigenvalue weighted by Gasteiger charge is -2.34. The van der Waals surface area contributed by atoms with Gasteiger partial charge < -0.3 is 14.1 Å². The quantitative estimate of drug-likeness (QED) is 0.708. The van der Waals surface area contributed by atoms with E-state index in [2.05, 4.69) is 21.9 Å². The Labute approximate surface area is 164 Å². The number of carbonyl (C=O) groups is 2. The molecule has 1 aromatic heterocycles. The molecule has 2 aromatic rings. The SMILES string of the molecule is COC(=O)c1coc(CN(C(=O)C2CC2c2ccccc2)C2CCCCC2)n1. The molecule has 28 heavy (non-hydrogen) atoms. The van der Waals surface area contributed by atoms with E-state index in [9.17, 15) is 9.59 Å². The van der Waals surface area contributed by atoms with Crippen LogP contribution in [0.4, 0.5) is 0 Å². The number of carbonyl (C=O) groups excluding carboxylic acids is 2. The summed E-state index contributed by atoms with van der Waals surface area (Å²) in [6.45, 7) is 0.304. The van der Waals surface area contributed by atoms with E-state index in [1.807, 2.05) is 23.1 Å². The molecule has 148 valence electrons. The van der Waals surface area contributed by atoms with Crippen molar-refractivity contribution in [1.82, 2.24) is 9.88 Å². The third-order valence-electron chi connectivity index (χ3n) is 5.89. The third-order valence-corrected chi connectivity index (χ3v) is 5.89. The summed E-state index contributed by atoms with van der Waals surface area (Å²) in [6.07, 6.45) is 7.72. The van der Waals surface area contributed by atoms with Crippen molar-refractivity contribution in [3.8, 4) is 0 Å². The van der Waals surface area contributed by atoms with Crippen LogP contribution >= 0.6 is 0 Å². The molecule has 1 aromatic carbocycles. The van der Waals surface area contributed by atoms with Crippen LogP contribution in [-0.4, -0.2) is 34.9 Å². The van der Waals surface area contributed by atoms with E-state index in [4.69, 9.17) is 4.42 Å². The second-order valence-electron chi connectivity index (χ2n) is 7.74. The van der Waals surface area contributed by atoms with E-state index in [-0.39, 0.29) is 23.6 Å². The molecule has 6 nitrogen and oxygen atoms in total. The molecule has 2 fully saturated rings. The Morgan fingerprint density at radius 2 is 1.93 bits per heavy atom. The van der Waals surface area contributed by atoms with Crippen molar-refractivity contribution < 1.29 is 18.7 Å². The molecule has 2 aliphatic carbocycles. The highest BCUT2D eigenvalue weighted by molar-refractivity contribution is 5.86. The molecular formula is C22H26N2O4. The van der Waals surface area contributed by atoms with Crippen molar-refractivity contribution in [1.29, 1.82) is 0 Å². The Morgan fingerprint density at radius 3 is 2.64 bits per heavy atom. The van der Waals surface area contributed by atoms with Gasteiger partial charge in [0.25, 0.3) is 0 Å². The van der Waals surface area contributed by atoms with Gasteiger partial charge in [-0.2, -0.15) is 0 Å². The van der Waals surface area contributed by atoms with Crippen molar-refractivity contribution in [3.63, 3.8) is 0 Å². The van der Waals surface area contributed by atoms with E-state index < -0.39 is 5.97 Å². The van der Waals surface area contributed by atoms with Gasteiger partial charge in [0.2, 0.25) is 11.8 Å². The maximum absolute atomic E-state index is 13.4. The van der Waals surface area contributed by atoms with Crippen LogP contribution in [0.5, 0.6) is 0 Å². The minimum atomic E-state index is -0.531. The Balaban J connectivity index is 1.50. The average Bonchev–Trinajstić information content (AvgIpc) is 3.42. The van der Waals surface area contributed by atoms with E-state index in [1.54, 1.807) is 0 Å². The topological polar surface area (TPSA) is 72.6 Å². The summed E-state index contributed by atoms with van der Waals surface area (Å²) in [5, 5.41) is 0. The summed E-state index contributed by atoms with van der Waals surface area (Å²) >= 11 is 0. The van der Waals surface area contributed by atoms with Gasteiger partial charge in [-0.15, -0.1) is 0 Å². The second kappa shape index (κ2) is 8.17. The fourth-order valence-electron chi connectivity index (χ4n) is 4.26. The molecule has 0 bridgehead atoms. The van der Waals surface area contributed by atoms with Crippen molar-refractivity contribution in [2.24, 2.45) is 5.92 Å². The number of methoxy groups -OCH3 is 1. The van der Waals surface area contributed by atoms with Crippen LogP contribution in [0.1, 0.15) is 66.4 Å². The summed E-state index contributed by atoms with van der Waals surface area (Å²) in [5.74, 6) is 0.362. The maximum atomic E-state index is 13.4. The predicted octanol–water partition coefficient (Wildman–Crippen LogP) is 3.93. The zero-order valence-electron chi connectivity index (χ0n) is 16.2. The van der Waals surface area contributed by atoms with Crippen LogP contribution < -0.4 is 0 Å². The molecule has 2 atom stereocenters. The zero-order chi connectivity index (χ0) is 19.5. The molecule has 2 aliphatic rings. The van der Waals surface area contributed by atoms with Crippen molar-refractivity contribution in [2.75, 3.05) is 7.11 Å². The average molecular weight is 382 g/mol. The minimum absolute atomic E-state index is 0.0272. The number of oxazole rings is 1. The fourth-order valence-corrected chi connectivity index (χ4v) is 4.26. The maximum Gasteiger partial charge on any atom is 0.360 e. The largest absolute Gasteiger partial charge is 0.464 e. The first-order chi connectivity index (χ1) is 13.7. The fraction of sp³-hybridized carbons (Fsp3) is 0.500. The minimum Gasteiger partial charge on any atom is -0.464 e. The lowest BCUT2D eigenvalue weighted by molar-refractivity contribution is -0.136. The van der Waals surface area contributed by atoms with Gasteiger partial charge in [-0.1, -0.05) is 49.6 Å². The number of esters is 1. The van der Waals surface area contributed by atoms with Crippen molar-refractivity contribution >= 4 is 11.9 Å². The number of hydrogen-bond acceptors (Lipinski definition) is 5. The summed E-state index contributed by atoms with van der Waals surface area (Å²) in [6, 6.07) is 10.5. The van der Waals surface area contributed by atoms with Crippen LogP contribution in [0, 0.1) is 5.92 Å². The van der Waals surface area contributed by atoms with Crippen LogP contribution in [0.2, 0.25) is 0 Å². The predicted molar refractivity (Wildman–Crippen MR) is 103 cm³/mol. The molecule has 0 spiro atoms. The molecule has 0 N–H and O–H groups in total. The Kier molecular flexibility index (Phi) is 5.46. The number of benzene rings is 1. The summed E-state index contributed by atoms with van der Waals surface area (Å²) in [4.78, 5) is 31.2. The van der Waals surface area contributed by atoms with Gasteiger partial charge in [-0.05, 0) is 30.7 Å². The molecule has 1 amide bonds. The zero-order valence-corrected chi connectivity index (χ0v) is 16.2. The number of aromatic nitrogens is 1. The van der Waals surface area contributed by atoms with Gasteiger partial charge >= 0.3 is 5.97 Å². The normalized spacial score (nSPS) is 21.9. The van der Waals surface area contributed by atoms with Gasteiger partial charge in [0.05, 0.1) is 13.7 Å². The van der Waals surface area contributed by atoms with Crippen molar-refractivity contribution in [2.45, 2.75) is 57.0 Å². The van der Waals surface area contributed by atoms with Crippen LogP contribution in [0.15, 0.2) is 41.0 Å². The Hall–Kier alpha value is -2.63. The van der Waals surface area contributed by atoms with Crippen LogP contribution in [0.25, 0.3) is 0 Å². The van der Waals surface area contributed by atoms with E-state index >= 15 is 0 Å². The first kappa shape index (κ1) is 18.7. The number of nitrogens with zero attached hydrogens (tertiary/aromatic N) is 2. The van der Waals surface area contributed by atoms with Gasteiger partial charge in [-0.25, -0.2) is 9.78 Å². The van der Waals surface area contributed by atoms with Gasteiger partial charge in [0.1, 0.15) is 6.26 Å². The molecule has 0 aliphatic heterocycles. The first-order valence-electron chi connectivity index (χ1n) is 10.1. The van der Waals surface area contributed by atoms with Crippen LogP contribution in [0.3, 0.4) is 0 Å². The van der Waals surface area contributed by atoms with Crippen molar-refractivity contribution in [3.05, 3.63) is 53.7 Å². The molecule has 2 saturated carbocycles. The van der Waals surface area contributed by atoms with E-state index in [0.717, 1.165) is 32.1 Å². The number of rotatable bonds is 6. The summed E-state index contributed by atoms with van der Waals surface area (Å²) in [5.41, 5.74) is 1.37. The summed E-state index contributed by atoms with van der Waals surface area (Å²) in [7, 11) is 1.31. The monoisotopic (exact) mass is 382 g/mol. The molecule has 0 radical (unpaired) electrons. The summed E-state index contributed by atoms with van der Waals surface area (Å²) < 4.78 is 10.2. The van der Waals surface area contributed by atoms with Gasteiger partial charge in [0, 0.05) is 12.0 Å². The lowest BCUT2D eigenvalue weighted by atomic mass is 9.93. The second-order valence-corrected chi connectivity index (χ2v) is 7.74. The number of ether oxygens (including phenoxy) is 1. The highest BCUT2D eigenvalue weighted by Gasteiger charge is 2.47. The highest BCUT2D eigenvalue weighted by atomic mass is 16.5. The number of amides is 1. The first-order valence-corrected chi connectivity index (χ1v) is 10.1. The lowest BCUT2D eigenvalue weighted by Crippen LogP contribution is -2.42. The van der Waals surface area contributed by atoms with Gasteiger partial charge in [-0.3, -0.25) is 4.79 Å². The number of hydrogen-bond donors (Lipinski definition) is 0.